The minimum absolute atomic E-state index is 0.167. The number of nitrogens with two attached hydrogens (primary N) is 1. The Labute approximate surface area is 123 Å². The van der Waals surface area contributed by atoms with Gasteiger partial charge in [0.05, 0.1) is 0 Å². The van der Waals surface area contributed by atoms with Crippen LogP contribution in [-0.4, -0.2) is 6.54 Å². The Kier molecular flexibility index (Phi) is 5.02. The lowest BCUT2D eigenvalue weighted by molar-refractivity contribution is 0.142. The molecule has 106 valence electrons. The average molecular weight is 328 g/mol. The van der Waals surface area contributed by atoms with Gasteiger partial charge in [-0.25, -0.2) is 4.39 Å². The van der Waals surface area contributed by atoms with Crippen LogP contribution in [0.3, 0.4) is 0 Å². The molecule has 1 aromatic rings. The lowest BCUT2D eigenvalue weighted by Gasteiger charge is -2.40. The summed E-state index contributed by atoms with van der Waals surface area (Å²) < 4.78 is 14.3. The molecule has 0 bridgehead atoms. The Bertz CT molecular complexity index is 415. The summed E-state index contributed by atoms with van der Waals surface area (Å²) in [5.41, 5.74) is 7.31. The maximum absolute atomic E-state index is 13.5. The van der Waals surface area contributed by atoms with Crippen LogP contribution < -0.4 is 5.73 Å². The van der Waals surface area contributed by atoms with Crippen LogP contribution in [-0.2, 0) is 6.42 Å². The summed E-state index contributed by atoms with van der Waals surface area (Å²) in [6.45, 7) is 2.97. The molecule has 3 heteroatoms. The number of hydrogen-bond acceptors (Lipinski definition) is 1. The van der Waals surface area contributed by atoms with Gasteiger partial charge in [-0.3, -0.25) is 0 Å². The van der Waals surface area contributed by atoms with Gasteiger partial charge < -0.3 is 5.73 Å². The summed E-state index contributed by atoms with van der Waals surface area (Å²) in [5, 5.41) is 0. The quantitative estimate of drug-likeness (QED) is 0.853. The van der Waals surface area contributed by atoms with Crippen molar-refractivity contribution in [1.82, 2.24) is 0 Å². The summed E-state index contributed by atoms with van der Waals surface area (Å²) in [7, 11) is 0. The highest BCUT2D eigenvalue weighted by Crippen LogP contribution is 2.42. The Balaban J connectivity index is 2.17. The first-order valence-corrected chi connectivity index (χ1v) is 8.01. The van der Waals surface area contributed by atoms with Crippen molar-refractivity contribution < 1.29 is 4.39 Å². The molecule has 2 atom stereocenters. The molecule has 1 aromatic carbocycles. The van der Waals surface area contributed by atoms with Crippen molar-refractivity contribution in [1.29, 1.82) is 0 Å². The fourth-order valence-corrected chi connectivity index (χ4v) is 4.01. The maximum Gasteiger partial charge on any atom is 0.124 e. The van der Waals surface area contributed by atoms with Crippen LogP contribution in [0.1, 0.15) is 44.6 Å². The molecule has 19 heavy (non-hydrogen) atoms. The van der Waals surface area contributed by atoms with E-state index in [0.717, 1.165) is 22.4 Å². The highest BCUT2D eigenvalue weighted by molar-refractivity contribution is 9.10. The second-order valence-corrected chi connectivity index (χ2v) is 6.94. The first kappa shape index (κ1) is 15.0. The minimum Gasteiger partial charge on any atom is -0.330 e. The van der Waals surface area contributed by atoms with Crippen LogP contribution in [0.2, 0.25) is 0 Å². The Morgan fingerprint density at radius 1 is 1.42 bits per heavy atom. The van der Waals surface area contributed by atoms with E-state index in [-0.39, 0.29) is 11.2 Å². The van der Waals surface area contributed by atoms with Gasteiger partial charge in [0.2, 0.25) is 0 Å². The van der Waals surface area contributed by atoms with Crippen molar-refractivity contribution in [2.45, 2.75) is 45.4 Å². The van der Waals surface area contributed by atoms with Crippen molar-refractivity contribution in [3.05, 3.63) is 34.1 Å². The predicted octanol–water partition coefficient (Wildman–Crippen LogP) is 4.68. The molecule has 1 aliphatic carbocycles. The van der Waals surface area contributed by atoms with E-state index in [1.165, 1.54) is 38.2 Å². The monoisotopic (exact) mass is 327 g/mol. The van der Waals surface area contributed by atoms with Gasteiger partial charge in [-0.2, -0.15) is 0 Å². The van der Waals surface area contributed by atoms with Crippen LogP contribution in [0.4, 0.5) is 4.39 Å². The molecule has 1 fully saturated rings. The molecule has 2 rings (SSSR count). The van der Waals surface area contributed by atoms with Gasteiger partial charge in [0.1, 0.15) is 5.82 Å². The molecule has 0 radical (unpaired) electrons. The van der Waals surface area contributed by atoms with Crippen LogP contribution in [0, 0.1) is 17.2 Å². The predicted molar refractivity (Wildman–Crippen MR) is 81.5 cm³/mol. The molecule has 0 spiro atoms. The van der Waals surface area contributed by atoms with Gasteiger partial charge in [-0.05, 0) is 60.9 Å². The molecular weight excluding hydrogens is 305 g/mol. The van der Waals surface area contributed by atoms with E-state index in [9.17, 15) is 4.39 Å². The number of halogens is 2. The van der Waals surface area contributed by atoms with Crippen LogP contribution in [0.5, 0.6) is 0 Å². The lowest BCUT2D eigenvalue weighted by atomic mass is 9.66. The summed E-state index contributed by atoms with van der Waals surface area (Å²) in [6, 6.07) is 5.18. The molecule has 0 aromatic heterocycles. The number of benzene rings is 1. The van der Waals surface area contributed by atoms with Crippen LogP contribution in [0.15, 0.2) is 22.7 Å². The molecule has 2 unspecified atom stereocenters. The zero-order chi connectivity index (χ0) is 13.9. The Morgan fingerprint density at radius 2 is 2.21 bits per heavy atom. The standard InChI is InChI=1S/C16H23BrFN/c1-2-12-4-3-5-16(9-12,11-19)10-13-6-14(17)8-15(18)7-13/h6-8,12H,2-5,9-11,19H2,1H3. The van der Waals surface area contributed by atoms with Crippen molar-refractivity contribution in [3.63, 3.8) is 0 Å². The van der Waals surface area contributed by atoms with Gasteiger partial charge in [0, 0.05) is 4.47 Å². The Morgan fingerprint density at radius 3 is 2.84 bits per heavy atom. The smallest absolute Gasteiger partial charge is 0.124 e. The third-order valence-electron chi connectivity index (χ3n) is 4.55. The van der Waals surface area contributed by atoms with E-state index in [1.54, 1.807) is 6.07 Å². The van der Waals surface area contributed by atoms with Crippen LogP contribution >= 0.6 is 15.9 Å². The molecule has 0 aliphatic heterocycles. The first-order valence-electron chi connectivity index (χ1n) is 7.22. The summed E-state index contributed by atoms with van der Waals surface area (Å²) in [4.78, 5) is 0. The molecule has 1 saturated carbocycles. The van der Waals surface area contributed by atoms with E-state index < -0.39 is 0 Å². The van der Waals surface area contributed by atoms with Crippen molar-refractivity contribution >= 4 is 15.9 Å². The summed E-state index contributed by atoms with van der Waals surface area (Å²) >= 11 is 3.37. The fraction of sp³-hybridized carbons (Fsp3) is 0.625. The van der Waals surface area contributed by atoms with Gasteiger partial charge >= 0.3 is 0 Å². The van der Waals surface area contributed by atoms with Gasteiger partial charge in [-0.15, -0.1) is 0 Å². The van der Waals surface area contributed by atoms with E-state index in [4.69, 9.17) is 5.73 Å². The zero-order valence-electron chi connectivity index (χ0n) is 11.6. The molecule has 1 nitrogen and oxygen atoms in total. The fourth-order valence-electron chi connectivity index (χ4n) is 3.49. The maximum atomic E-state index is 13.5. The second-order valence-electron chi connectivity index (χ2n) is 6.03. The normalized spacial score (nSPS) is 27.5. The average Bonchev–Trinajstić information content (AvgIpc) is 2.37. The first-order chi connectivity index (χ1) is 9.07. The van der Waals surface area contributed by atoms with Crippen molar-refractivity contribution in [3.8, 4) is 0 Å². The molecular formula is C16H23BrFN. The van der Waals surface area contributed by atoms with Gasteiger partial charge in [0.25, 0.3) is 0 Å². The molecule has 0 saturated heterocycles. The van der Waals surface area contributed by atoms with E-state index in [1.807, 2.05) is 6.07 Å². The highest BCUT2D eigenvalue weighted by Gasteiger charge is 2.34. The molecule has 0 amide bonds. The van der Waals surface area contributed by atoms with Crippen molar-refractivity contribution in [2.24, 2.45) is 17.1 Å². The number of rotatable bonds is 4. The zero-order valence-corrected chi connectivity index (χ0v) is 13.2. The third kappa shape index (κ3) is 3.79. The van der Waals surface area contributed by atoms with E-state index in [2.05, 4.69) is 22.9 Å². The van der Waals surface area contributed by atoms with Crippen LogP contribution in [0.25, 0.3) is 0 Å². The third-order valence-corrected chi connectivity index (χ3v) is 5.01. The molecule has 1 aliphatic rings. The van der Waals surface area contributed by atoms with Crippen molar-refractivity contribution in [2.75, 3.05) is 6.54 Å². The lowest BCUT2D eigenvalue weighted by Crippen LogP contribution is -2.37. The van der Waals surface area contributed by atoms with E-state index in [0.29, 0.717) is 6.54 Å². The summed E-state index contributed by atoms with van der Waals surface area (Å²) in [6.07, 6.45) is 7.07. The number of hydrogen-bond donors (Lipinski definition) is 1. The Hall–Kier alpha value is -0.410. The SMILES string of the molecule is CCC1CCCC(CN)(Cc2cc(F)cc(Br)c2)C1. The topological polar surface area (TPSA) is 26.0 Å². The second kappa shape index (κ2) is 6.36. The highest BCUT2D eigenvalue weighted by atomic mass is 79.9. The largest absolute Gasteiger partial charge is 0.330 e. The summed E-state index contributed by atoms with van der Waals surface area (Å²) in [5.74, 6) is 0.619. The molecule has 0 heterocycles. The molecule has 2 N–H and O–H groups in total. The minimum atomic E-state index is -0.167. The van der Waals surface area contributed by atoms with E-state index >= 15 is 0 Å². The van der Waals surface area contributed by atoms with Gasteiger partial charge in [-0.1, -0.05) is 42.1 Å². The van der Waals surface area contributed by atoms with Gasteiger partial charge in [0.15, 0.2) is 0 Å².